The zero-order valence-electron chi connectivity index (χ0n) is 6.31. The molecule has 1 aromatic rings. The standard InChI is InChI=1S/C7H7F3N2/c1-3(11)5-4(8)2-12-7(10)6(5)9/h2-3H,11H2,1H3/t3-/m1/s1. The van der Waals surface area contributed by atoms with Gasteiger partial charge in [0, 0.05) is 11.6 Å². The topological polar surface area (TPSA) is 38.9 Å². The predicted molar refractivity (Wildman–Crippen MR) is 36.7 cm³/mol. The first-order chi connectivity index (χ1) is 5.54. The monoisotopic (exact) mass is 176 g/mol. The average molecular weight is 176 g/mol. The molecule has 1 atom stereocenters. The average Bonchev–Trinajstić information content (AvgIpc) is 1.97. The molecule has 12 heavy (non-hydrogen) atoms. The zero-order valence-corrected chi connectivity index (χ0v) is 6.31. The lowest BCUT2D eigenvalue weighted by molar-refractivity contribution is 0.443. The molecule has 5 heteroatoms. The van der Waals surface area contributed by atoms with Crippen molar-refractivity contribution >= 4 is 0 Å². The van der Waals surface area contributed by atoms with Crippen LogP contribution in [0.3, 0.4) is 0 Å². The molecule has 1 aromatic heterocycles. The van der Waals surface area contributed by atoms with Gasteiger partial charge < -0.3 is 5.73 Å². The van der Waals surface area contributed by atoms with Gasteiger partial charge in [0.1, 0.15) is 5.82 Å². The largest absolute Gasteiger partial charge is 0.324 e. The van der Waals surface area contributed by atoms with E-state index in [2.05, 4.69) is 4.98 Å². The number of aromatic nitrogens is 1. The molecule has 0 spiro atoms. The molecular formula is C7H7F3N2. The molecule has 2 nitrogen and oxygen atoms in total. The second-order valence-electron chi connectivity index (χ2n) is 2.41. The van der Waals surface area contributed by atoms with Crippen LogP contribution in [0.15, 0.2) is 6.20 Å². The third-order valence-electron chi connectivity index (χ3n) is 1.42. The summed E-state index contributed by atoms with van der Waals surface area (Å²) < 4.78 is 37.9. The first-order valence-corrected chi connectivity index (χ1v) is 3.29. The van der Waals surface area contributed by atoms with Crippen molar-refractivity contribution in [2.24, 2.45) is 5.73 Å². The molecule has 0 aliphatic heterocycles. The highest BCUT2D eigenvalue weighted by atomic mass is 19.2. The van der Waals surface area contributed by atoms with Crippen molar-refractivity contribution in [2.45, 2.75) is 13.0 Å². The van der Waals surface area contributed by atoms with Gasteiger partial charge in [-0.2, -0.15) is 4.39 Å². The minimum atomic E-state index is -1.33. The highest BCUT2D eigenvalue weighted by molar-refractivity contribution is 5.19. The van der Waals surface area contributed by atoms with Gasteiger partial charge in [-0.3, -0.25) is 0 Å². The molecule has 0 fully saturated rings. The number of hydrogen-bond donors (Lipinski definition) is 1. The highest BCUT2D eigenvalue weighted by Crippen LogP contribution is 2.18. The number of nitrogens with two attached hydrogens (primary N) is 1. The highest BCUT2D eigenvalue weighted by Gasteiger charge is 2.17. The summed E-state index contributed by atoms with van der Waals surface area (Å²) in [5.41, 5.74) is 4.74. The van der Waals surface area contributed by atoms with Gasteiger partial charge in [-0.15, -0.1) is 0 Å². The first kappa shape index (κ1) is 8.99. The van der Waals surface area contributed by atoms with Gasteiger partial charge in [-0.05, 0) is 6.92 Å². The fourth-order valence-corrected chi connectivity index (χ4v) is 0.873. The van der Waals surface area contributed by atoms with E-state index in [9.17, 15) is 13.2 Å². The maximum Gasteiger partial charge on any atom is 0.249 e. The van der Waals surface area contributed by atoms with Crippen molar-refractivity contribution in [3.05, 3.63) is 29.3 Å². The van der Waals surface area contributed by atoms with E-state index >= 15 is 0 Å². The normalized spacial score (nSPS) is 13.1. The van der Waals surface area contributed by atoms with Crippen molar-refractivity contribution in [2.75, 3.05) is 0 Å². The summed E-state index contributed by atoms with van der Waals surface area (Å²) in [6.07, 6.45) is 0.608. The van der Waals surface area contributed by atoms with Crippen LogP contribution in [0.5, 0.6) is 0 Å². The molecule has 0 aromatic carbocycles. The number of hydrogen-bond acceptors (Lipinski definition) is 2. The van der Waals surface area contributed by atoms with Crippen LogP contribution in [0, 0.1) is 17.6 Å². The molecular weight excluding hydrogens is 169 g/mol. The SMILES string of the molecule is C[C@@H](N)c1c(F)cnc(F)c1F. The smallest absolute Gasteiger partial charge is 0.249 e. The van der Waals surface area contributed by atoms with E-state index < -0.39 is 29.2 Å². The summed E-state index contributed by atoms with van der Waals surface area (Å²) in [4.78, 5) is 2.85. The van der Waals surface area contributed by atoms with Crippen molar-refractivity contribution in [1.82, 2.24) is 4.98 Å². The van der Waals surface area contributed by atoms with Gasteiger partial charge in [0.25, 0.3) is 0 Å². The Balaban J connectivity index is 3.33. The Labute approximate surface area is 67.2 Å². The molecule has 1 heterocycles. The van der Waals surface area contributed by atoms with Gasteiger partial charge in [0.15, 0.2) is 5.82 Å². The zero-order chi connectivity index (χ0) is 9.30. The summed E-state index contributed by atoms with van der Waals surface area (Å²) in [6.45, 7) is 1.36. The van der Waals surface area contributed by atoms with Crippen LogP contribution >= 0.6 is 0 Å². The maximum atomic E-state index is 12.8. The Hall–Kier alpha value is -1.10. The molecule has 2 N–H and O–H groups in total. The Morgan fingerprint density at radius 1 is 1.42 bits per heavy atom. The van der Waals surface area contributed by atoms with Crippen LogP contribution in [0.2, 0.25) is 0 Å². The maximum absolute atomic E-state index is 12.8. The van der Waals surface area contributed by atoms with Crippen LogP contribution in [-0.2, 0) is 0 Å². The Kier molecular flexibility index (Phi) is 2.32. The van der Waals surface area contributed by atoms with Crippen LogP contribution in [0.1, 0.15) is 18.5 Å². The second-order valence-corrected chi connectivity index (χ2v) is 2.41. The van der Waals surface area contributed by atoms with E-state index in [0.717, 1.165) is 0 Å². The van der Waals surface area contributed by atoms with Gasteiger partial charge >= 0.3 is 0 Å². The predicted octanol–water partition coefficient (Wildman–Crippen LogP) is 1.52. The Morgan fingerprint density at radius 2 is 2.00 bits per heavy atom. The first-order valence-electron chi connectivity index (χ1n) is 3.29. The van der Waals surface area contributed by atoms with Crippen LogP contribution in [0.25, 0.3) is 0 Å². The number of nitrogens with zero attached hydrogens (tertiary/aromatic N) is 1. The third-order valence-corrected chi connectivity index (χ3v) is 1.42. The van der Waals surface area contributed by atoms with E-state index in [1.54, 1.807) is 0 Å². The van der Waals surface area contributed by atoms with Crippen molar-refractivity contribution < 1.29 is 13.2 Å². The third kappa shape index (κ3) is 1.40. The van der Waals surface area contributed by atoms with Gasteiger partial charge in [0.2, 0.25) is 5.95 Å². The minimum absolute atomic E-state index is 0.470. The van der Waals surface area contributed by atoms with Crippen molar-refractivity contribution in [3.8, 4) is 0 Å². The molecule has 66 valence electrons. The number of pyridine rings is 1. The Bertz CT molecular complexity index is 299. The molecule has 0 bridgehead atoms. The lowest BCUT2D eigenvalue weighted by Gasteiger charge is -2.07. The fourth-order valence-electron chi connectivity index (χ4n) is 0.873. The minimum Gasteiger partial charge on any atom is -0.324 e. The van der Waals surface area contributed by atoms with E-state index in [1.807, 2.05) is 0 Å². The molecule has 0 aliphatic rings. The summed E-state index contributed by atoms with van der Waals surface area (Å²) in [5, 5.41) is 0. The number of halogens is 3. The second kappa shape index (κ2) is 3.10. The summed E-state index contributed by atoms with van der Waals surface area (Å²) in [7, 11) is 0. The molecule has 1 rings (SSSR count). The molecule has 0 saturated heterocycles. The van der Waals surface area contributed by atoms with E-state index in [1.165, 1.54) is 6.92 Å². The summed E-state index contributed by atoms with van der Waals surface area (Å²) in [6, 6.07) is -0.887. The lowest BCUT2D eigenvalue weighted by Crippen LogP contribution is -2.12. The Morgan fingerprint density at radius 3 is 2.42 bits per heavy atom. The summed E-state index contributed by atoms with van der Waals surface area (Å²) >= 11 is 0. The van der Waals surface area contributed by atoms with Gasteiger partial charge in [-0.1, -0.05) is 0 Å². The molecule has 0 unspecified atom stereocenters. The van der Waals surface area contributed by atoms with E-state index in [4.69, 9.17) is 5.73 Å². The molecule has 0 saturated carbocycles. The molecule has 0 amide bonds. The van der Waals surface area contributed by atoms with E-state index in [-0.39, 0.29) is 0 Å². The van der Waals surface area contributed by atoms with Crippen LogP contribution < -0.4 is 5.73 Å². The van der Waals surface area contributed by atoms with Gasteiger partial charge in [0.05, 0.1) is 6.20 Å². The number of rotatable bonds is 1. The van der Waals surface area contributed by atoms with Crippen LogP contribution in [0.4, 0.5) is 13.2 Å². The van der Waals surface area contributed by atoms with Crippen LogP contribution in [-0.4, -0.2) is 4.98 Å². The van der Waals surface area contributed by atoms with Gasteiger partial charge in [-0.25, -0.2) is 13.8 Å². The molecule has 0 aliphatic carbocycles. The van der Waals surface area contributed by atoms with E-state index in [0.29, 0.717) is 6.20 Å². The van der Waals surface area contributed by atoms with Crippen molar-refractivity contribution in [1.29, 1.82) is 0 Å². The molecule has 0 radical (unpaired) electrons. The van der Waals surface area contributed by atoms with Crippen molar-refractivity contribution in [3.63, 3.8) is 0 Å². The fraction of sp³-hybridized carbons (Fsp3) is 0.286. The quantitative estimate of drug-likeness (QED) is 0.659. The lowest BCUT2D eigenvalue weighted by atomic mass is 10.1. The summed E-state index contributed by atoms with van der Waals surface area (Å²) in [5.74, 6) is -3.57.